The van der Waals surface area contributed by atoms with Gasteiger partial charge in [-0.15, -0.1) is 0 Å². The zero-order valence-corrected chi connectivity index (χ0v) is 15.2. The molecule has 1 atom stereocenters. The number of hydrogen-bond acceptors (Lipinski definition) is 5. The second kappa shape index (κ2) is 7.73. The molecule has 0 aliphatic carbocycles. The number of nitrogens with zero attached hydrogens (tertiary/aromatic N) is 4. The second-order valence-electron chi connectivity index (χ2n) is 5.99. The minimum Gasteiger partial charge on any atom is -0.469 e. The first-order valence-corrected chi connectivity index (χ1v) is 8.29. The average Bonchev–Trinajstić information content (AvgIpc) is 3.36. The summed E-state index contributed by atoms with van der Waals surface area (Å²) >= 11 is 0. The fraction of sp³-hybridized carbons (Fsp3) is 0.222. The molecule has 0 bridgehead atoms. The van der Waals surface area contributed by atoms with Crippen molar-refractivity contribution >= 4 is 11.9 Å². The Morgan fingerprint density at radius 2 is 1.93 bits per heavy atom. The number of aromatic nitrogens is 3. The number of carbonyl (C=O) groups excluding carboxylic acids is 2. The topological polar surface area (TPSA) is 105 Å². The number of carbonyl (C=O) groups is 2. The van der Waals surface area contributed by atoms with Crippen molar-refractivity contribution in [1.82, 2.24) is 30.5 Å². The number of urea groups is 1. The van der Waals surface area contributed by atoms with Gasteiger partial charge in [-0.05, 0) is 37.6 Å². The maximum atomic E-state index is 12.3. The highest BCUT2D eigenvalue weighted by atomic mass is 16.3. The first-order chi connectivity index (χ1) is 13.0. The Labute approximate surface area is 156 Å². The Morgan fingerprint density at radius 3 is 2.52 bits per heavy atom. The summed E-state index contributed by atoms with van der Waals surface area (Å²) in [6.45, 7) is 3.57. The summed E-state index contributed by atoms with van der Waals surface area (Å²) < 4.78 is 6.73. The van der Waals surface area contributed by atoms with Gasteiger partial charge in [-0.2, -0.15) is 5.10 Å². The molecule has 3 rings (SSSR count). The molecule has 2 heterocycles. The summed E-state index contributed by atoms with van der Waals surface area (Å²) in [6, 6.07) is 8.53. The number of nitrogens with one attached hydrogen (secondary N) is 2. The molecular weight excluding hydrogens is 348 g/mol. The predicted octanol–water partition coefficient (Wildman–Crippen LogP) is 2.22. The molecule has 2 aromatic heterocycles. The van der Waals surface area contributed by atoms with Gasteiger partial charge in [0.15, 0.2) is 0 Å². The monoisotopic (exact) mass is 368 g/mol. The number of furan rings is 1. The van der Waals surface area contributed by atoms with Crippen molar-refractivity contribution in [2.24, 2.45) is 0 Å². The predicted molar refractivity (Wildman–Crippen MR) is 97.0 cm³/mol. The molecule has 9 nitrogen and oxygen atoms in total. The van der Waals surface area contributed by atoms with Crippen molar-refractivity contribution in [2.75, 3.05) is 7.05 Å². The number of aryl methyl sites for hydroxylation is 1. The highest BCUT2D eigenvalue weighted by molar-refractivity contribution is 5.96. The molecule has 0 saturated heterocycles. The Hall–Kier alpha value is -3.62. The van der Waals surface area contributed by atoms with Gasteiger partial charge < -0.3 is 9.32 Å². The molecule has 27 heavy (non-hydrogen) atoms. The van der Waals surface area contributed by atoms with Crippen LogP contribution in [0.1, 0.15) is 34.6 Å². The molecule has 3 amide bonds. The maximum absolute atomic E-state index is 12.3. The van der Waals surface area contributed by atoms with Crippen molar-refractivity contribution in [3.8, 4) is 5.69 Å². The van der Waals surface area contributed by atoms with Crippen LogP contribution >= 0.6 is 0 Å². The molecular formula is C18H20N6O3. The highest BCUT2D eigenvalue weighted by Gasteiger charge is 2.19. The van der Waals surface area contributed by atoms with Crippen LogP contribution in [0.2, 0.25) is 0 Å². The molecule has 0 unspecified atom stereocenters. The van der Waals surface area contributed by atoms with Crippen molar-refractivity contribution < 1.29 is 14.0 Å². The molecule has 1 aromatic carbocycles. The van der Waals surface area contributed by atoms with Crippen LogP contribution in [0, 0.1) is 6.92 Å². The van der Waals surface area contributed by atoms with Crippen molar-refractivity contribution in [1.29, 1.82) is 0 Å². The van der Waals surface area contributed by atoms with E-state index < -0.39 is 11.9 Å². The number of rotatable bonds is 4. The van der Waals surface area contributed by atoms with E-state index in [1.807, 2.05) is 31.2 Å². The summed E-state index contributed by atoms with van der Waals surface area (Å²) in [5.41, 5.74) is 6.97. The van der Waals surface area contributed by atoms with E-state index in [1.165, 1.54) is 17.5 Å². The quantitative estimate of drug-likeness (QED) is 0.687. The number of benzene rings is 1. The van der Waals surface area contributed by atoms with E-state index in [2.05, 4.69) is 20.9 Å². The first-order valence-electron chi connectivity index (χ1n) is 8.29. The molecule has 2 N–H and O–H groups in total. The summed E-state index contributed by atoms with van der Waals surface area (Å²) in [4.78, 5) is 29.8. The van der Waals surface area contributed by atoms with Crippen LogP contribution in [0.5, 0.6) is 0 Å². The molecule has 0 radical (unpaired) electrons. The molecule has 140 valence electrons. The average molecular weight is 368 g/mol. The van der Waals surface area contributed by atoms with Gasteiger partial charge >= 0.3 is 6.03 Å². The first kappa shape index (κ1) is 18.2. The van der Waals surface area contributed by atoms with E-state index in [0.717, 1.165) is 11.3 Å². The summed E-state index contributed by atoms with van der Waals surface area (Å²) in [6.07, 6.45) is 4.50. The zero-order chi connectivity index (χ0) is 19.4. The van der Waals surface area contributed by atoms with E-state index in [0.29, 0.717) is 11.3 Å². The Kier molecular flexibility index (Phi) is 5.20. The summed E-state index contributed by atoms with van der Waals surface area (Å²) in [5, 5.41) is 4.08. The third-order valence-electron chi connectivity index (χ3n) is 4.35. The lowest BCUT2D eigenvalue weighted by Gasteiger charge is -2.25. The third kappa shape index (κ3) is 3.97. The second-order valence-corrected chi connectivity index (χ2v) is 5.99. The van der Waals surface area contributed by atoms with Gasteiger partial charge in [-0.25, -0.2) is 19.9 Å². The minimum atomic E-state index is -0.437. The number of amides is 3. The van der Waals surface area contributed by atoms with Gasteiger partial charge in [0.05, 0.1) is 23.6 Å². The lowest BCUT2D eigenvalue weighted by Crippen LogP contribution is -2.48. The number of hydrazine groups is 1. The van der Waals surface area contributed by atoms with Crippen LogP contribution in [0.3, 0.4) is 0 Å². The molecule has 0 spiro atoms. The van der Waals surface area contributed by atoms with Crippen LogP contribution in [-0.4, -0.2) is 38.7 Å². The van der Waals surface area contributed by atoms with Crippen LogP contribution < -0.4 is 10.9 Å². The Bertz CT molecular complexity index is 917. The van der Waals surface area contributed by atoms with Crippen molar-refractivity contribution in [3.63, 3.8) is 0 Å². The number of hydrogen-bond donors (Lipinski definition) is 2. The van der Waals surface area contributed by atoms with Crippen molar-refractivity contribution in [3.05, 3.63) is 66.1 Å². The Balaban J connectivity index is 1.59. The molecule has 0 aliphatic rings. The smallest absolute Gasteiger partial charge is 0.336 e. The van der Waals surface area contributed by atoms with Gasteiger partial charge in [0, 0.05) is 7.05 Å². The molecule has 9 heteroatoms. The molecule has 3 aromatic rings. The fourth-order valence-electron chi connectivity index (χ4n) is 2.53. The van der Waals surface area contributed by atoms with Crippen LogP contribution in [0.25, 0.3) is 5.69 Å². The van der Waals surface area contributed by atoms with Gasteiger partial charge in [0.1, 0.15) is 18.4 Å². The van der Waals surface area contributed by atoms with Crippen LogP contribution in [0.4, 0.5) is 4.79 Å². The lowest BCUT2D eigenvalue weighted by atomic mass is 10.1. The zero-order valence-electron chi connectivity index (χ0n) is 15.2. The van der Waals surface area contributed by atoms with E-state index in [4.69, 9.17) is 4.42 Å². The fourth-order valence-corrected chi connectivity index (χ4v) is 2.53. The van der Waals surface area contributed by atoms with Gasteiger partial charge in [-0.3, -0.25) is 10.2 Å². The van der Waals surface area contributed by atoms with Gasteiger partial charge in [-0.1, -0.05) is 12.1 Å². The van der Waals surface area contributed by atoms with E-state index in [9.17, 15) is 9.59 Å². The van der Waals surface area contributed by atoms with Crippen molar-refractivity contribution in [2.45, 2.75) is 19.9 Å². The third-order valence-corrected chi connectivity index (χ3v) is 4.35. The SMILES string of the molecule is Cc1occc1C(=O)NNC(=O)N(C)[C@@H](C)c1ccc(-n2cncn2)cc1. The van der Waals surface area contributed by atoms with Crippen LogP contribution in [-0.2, 0) is 0 Å². The minimum absolute atomic E-state index is 0.206. The van der Waals surface area contributed by atoms with Gasteiger partial charge in [0.25, 0.3) is 5.91 Å². The summed E-state index contributed by atoms with van der Waals surface area (Å²) in [5.74, 6) is 0.0452. The maximum Gasteiger partial charge on any atom is 0.336 e. The normalized spacial score (nSPS) is 11.7. The van der Waals surface area contributed by atoms with E-state index in [-0.39, 0.29) is 6.04 Å². The highest BCUT2D eigenvalue weighted by Crippen LogP contribution is 2.20. The molecule has 0 fully saturated rings. The van der Waals surface area contributed by atoms with E-state index in [1.54, 1.807) is 31.0 Å². The lowest BCUT2D eigenvalue weighted by molar-refractivity contribution is 0.0927. The molecule has 0 aliphatic heterocycles. The molecule has 0 saturated carbocycles. The standard InChI is InChI=1S/C18H20N6O3/c1-12(14-4-6-15(7-5-14)24-11-19-10-20-24)23(3)18(26)22-21-17(25)16-8-9-27-13(16)2/h4-12H,1-3H3,(H,21,25)(H,22,26)/t12-/m0/s1. The van der Waals surface area contributed by atoms with Gasteiger partial charge in [0.2, 0.25) is 0 Å². The Morgan fingerprint density at radius 1 is 1.19 bits per heavy atom. The summed E-state index contributed by atoms with van der Waals surface area (Å²) in [7, 11) is 1.65. The van der Waals surface area contributed by atoms with Crippen LogP contribution in [0.15, 0.2) is 53.7 Å². The van der Waals surface area contributed by atoms with E-state index >= 15 is 0 Å². The largest absolute Gasteiger partial charge is 0.469 e.